The lowest BCUT2D eigenvalue weighted by molar-refractivity contribution is 0.126. The number of likely N-dealkylation sites (N-methyl/N-ethyl adjacent to an activating group) is 1. The highest BCUT2D eigenvalue weighted by atomic mass is 35.5. The number of hydrogen-bond donors (Lipinski definition) is 1. The van der Waals surface area contributed by atoms with E-state index >= 15 is 0 Å². The van der Waals surface area contributed by atoms with Crippen LogP contribution in [0.4, 0.5) is 0 Å². The molecule has 3 heteroatoms. The summed E-state index contributed by atoms with van der Waals surface area (Å²) in [5, 5.41) is 10.2. The predicted octanol–water partition coefficient (Wildman–Crippen LogP) is 3.71. The average molecular weight is 306 g/mol. The fourth-order valence-corrected chi connectivity index (χ4v) is 2.36. The van der Waals surface area contributed by atoms with Gasteiger partial charge >= 0.3 is 0 Å². The largest absolute Gasteiger partial charge is 0.387 e. The first kappa shape index (κ1) is 17.7. The van der Waals surface area contributed by atoms with Crippen LogP contribution in [-0.4, -0.2) is 30.1 Å². The van der Waals surface area contributed by atoms with Gasteiger partial charge < -0.3 is 10.0 Å². The molecule has 0 amide bonds. The molecule has 0 aliphatic carbocycles. The van der Waals surface area contributed by atoms with Crippen LogP contribution in [0, 0.1) is 0 Å². The Morgan fingerprint density at radius 2 is 1.52 bits per heavy atom. The monoisotopic (exact) mass is 305 g/mol. The molecule has 0 aliphatic heterocycles. The van der Waals surface area contributed by atoms with Crippen molar-refractivity contribution in [2.24, 2.45) is 0 Å². The summed E-state index contributed by atoms with van der Waals surface area (Å²) in [6.07, 6.45) is 1.80. The van der Waals surface area contributed by atoms with Gasteiger partial charge in [-0.1, -0.05) is 60.7 Å². The van der Waals surface area contributed by atoms with E-state index in [1.165, 1.54) is 5.56 Å². The predicted molar refractivity (Wildman–Crippen MR) is 90.9 cm³/mol. The Bertz CT molecular complexity index is 489. The molecule has 0 heterocycles. The third-order valence-electron chi connectivity index (χ3n) is 3.52. The number of benzene rings is 2. The zero-order valence-electron chi connectivity index (χ0n) is 12.5. The van der Waals surface area contributed by atoms with Gasteiger partial charge in [0.15, 0.2) is 0 Å². The van der Waals surface area contributed by atoms with Crippen LogP contribution in [0.15, 0.2) is 60.7 Å². The van der Waals surface area contributed by atoms with E-state index in [2.05, 4.69) is 36.2 Å². The van der Waals surface area contributed by atoms with Crippen LogP contribution < -0.4 is 0 Å². The third-order valence-corrected chi connectivity index (χ3v) is 3.52. The number of rotatable bonds is 7. The highest BCUT2D eigenvalue weighted by molar-refractivity contribution is 5.85. The molecule has 0 unspecified atom stereocenters. The van der Waals surface area contributed by atoms with Crippen molar-refractivity contribution in [1.82, 2.24) is 4.90 Å². The molecule has 0 bridgehead atoms. The molecule has 0 saturated carbocycles. The molecular formula is C18H24ClNO. The van der Waals surface area contributed by atoms with Gasteiger partial charge in [-0.25, -0.2) is 0 Å². The molecule has 0 fully saturated rings. The van der Waals surface area contributed by atoms with Crippen molar-refractivity contribution in [1.29, 1.82) is 0 Å². The Morgan fingerprint density at radius 3 is 2.14 bits per heavy atom. The second-order valence-corrected chi connectivity index (χ2v) is 5.28. The molecule has 1 atom stereocenters. The molecule has 0 saturated heterocycles. The first-order chi connectivity index (χ1) is 9.75. The van der Waals surface area contributed by atoms with Crippen LogP contribution in [0.25, 0.3) is 0 Å². The quantitative estimate of drug-likeness (QED) is 0.843. The summed E-state index contributed by atoms with van der Waals surface area (Å²) < 4.78 is 0. The average Bonchev–Trinajstić information content (AvgIpc) is 2.49. The Labute approximate surface area is 133 Å². The van der Waals surface area contributed by atoms with E-state index < -0.39 is 6.10 Å². The van der Waals surface area contributed by atoms with Gasteiger partial charge in [0.05, 0.1) is 6.10 Å². The maximum atomic E-state index is 10.2. The fourth-order valence-electron chi connectivity index (χ4n) is 2.36. The summed E-state index contributed by atoms with van der Waals surface area (Å²) in [4.78, 5) is 2.20. The number of hydrogen-bond acceptors (Lipinski definition) is 2. The second-order valence-electron chi connectivity index (χ2n) is 5.28. The molecule has 114 valence electrons. The van der Waals surface area contributed by atoms with Crippen LogP contribution in [0.1, 0.15) is 23.7 Å². The van der Waals surface area contributed by atoms with E-state index in [-0.39, 0.29) is 12.4 Å². The van der Waals surface area contributed by atoms with Gasteiger partial charge in [-0.2, -0.15) is 0 Å². The molecule has 2 nitrogen and oxygen atoms in total. The molecule has 2 aromatic carbocycles. The number of aliphatic hydroxyl groups excluding tert-OH is 1. The maximum absolute atomic E-state index is 10.2. The molecular weight excluding hydrogens is 282 g/mol. The van der Waals surface area contributed by atoms with Gasteiger partial charge in [-0.15, -0.1) is 12.4 Å². The standard InChI is InChI=1S/C18H23NO.ClH/c1-19(14-8-11-16-9-4-2-5-10-16)15-18(20)17-12-6-3-7-13-17;/h2-7,9-10,12-13,18,20H,8,11,14-15H2,1H3;1H/t18-;/m0./s1. The summed E-state index contributed by atoms with van der Waals surface area (Å²) in [7, 11) is 2.07. The molecule has 21 heavy (non-hydrogen) atoms. The van der Waals surface area contributed by atoms with Crippen molar-refractivity contribution in [3.8, 4) is 0 Å². The smallest absolute Gasteiger partial charge is 0.0916 e. The van der Waals surface area contributed by atoms with Crippen molar-refractivity contribution in [2.45, 2.75) is 18.9 Å². The van der Waals surface area contributed by atoms with Crippen molar-refractivity contribution in [3.05, 3.63) is 71.8 Å². The van der Waals surface area contributed by atoms with E-state index in [1.807, 2.05) is 36.4 Å². The highest BCUT2D eigenvalue weighted by Gasteiger charge is 2.09. The Balaban J connectivity index is 0.00000220. The van der Waals surface area contributed by atoms with Crippen molar-refractivity contribution in [2.75, 3.05) is 20.1 Å². The summed E-state index contributed by atoms with van der Waals surface area (Å²) in [5.74, 6) is 0. The zero-order valence-corrected chi connectivity index (χ0v) is 13.3. The van der Waals surface area contributed by atoms with Crippen molar-refractivity contribution < 1.29 is 5.11 Å². The van der Waals surface area contributed by atoms with Gasteiger partial charge in [-0.05, 0) is 37.6 Å². The van der Waals surface area contributed by atoms with E-state index in [9.17, 15) is 5.11 Å². The van der Waals surface area contributed by atoms with Gasteiger partial charge in [0, 0.05) is 6.54 Å². The Hall–Kier alpha value is -1.35. The van der Waals surface area contributed by atoms with Gasteiger partial charge in [0.25, 0.3) is 0 Å². The minimum Gasteiger partial charge on any atom is -0.387 e. The first-order valence-corrected chi connectivity index (χ1v) is 7.21. The molecule has 0 aliphatic rings. The molecule has 0 radical (unpaired) electrons. The molecule has 1 N–H and O–H groups in total. The van der Waals surface area contributed by atoms with E-state index in [0.29, 0.717) is 6.54 Å². The topological polar surface area (TPSA) is 23.5 Å². The van der Waals surface area contributed by atoms with Crippen molar-refractivity contribution >= 4 is 12.4 Å². The van der Waals surface area contributed by atoms with Crippen LogP contribution >= 0.6 is 12.4 Å². The van der Waals surface area contributed by atoms with Gasteiger partial charge in [0.1, 0.15) is 0 Å². The lowest BCUT2D eigenvalue weighted by atomic mass is 10.1. The second kappa shape index (κ2) is 9.56. The number of nitrogens with zero attached hydrogens (tertiary/aromatic N) is 1. The van der Waals surface area contributed by atoms with Crippen LogP contribution in [0.2, 0.25) is 0 Å². The normalized spacial score (nSPS) is 12.0. The summed E-state index contributed by atoms with van der Waals surface area (Å²) >= 11 is 0. The minimum absolute atomic E-state index is 0. The van der Waals surface area contributed by atoms with E-state index in [0.717, 1.165) is 24.9 Å². The third kappa shape index (κ3) is 6.30. The van der Waals surface area contributed by atoms with E-state index in [4.69, 9.17) is 0 Å². The Kier molecular flexibility index (Phi) is 8.06. The maximum Gasteiger partial charge on any atom is 0.0916 e. The minimum atomic E-state index is -0.405. The molecule has 2 rings (SSSR count). The molecule has 0 spiro atoms. The SMILES string of the molecule is CN(CCCc1ccccc1)C[C@H](O)c1ccccc1.Cl. The van der Waals surface area contributed by atoms with Gasteiger partial charge in [0.2, 0.25) is 0 Å². The summed E-state index contributed by atoms with van der Waals surface area (Å²) in [6, 6.07) is 20.4. The first-order valence-electron chi connectivity index (χ1n) is 7.21. The molecule has 2 aromatic rings. The lowest BCUT2D eigenvalue weighted by Crippen LogP contribution is -2.26. The summed E-state index contributed by atoms with van der Waals surface area (Å²) in [6.45, 7) is 1.68. The lowest BCUT2D eigenvalue weighted by Gasteiger charge is -2.20. The van der Waals surface area contributed by atoms with Gasteiger partial charge in [-0.3, -0.25) is 0 Å². The number of halogens is 1. The van der Waals surface area contributed by atoms with Crippen LogP contribution in [-0.2, 0) is 6.42 Å². The highest BCUT2D eigenvalue weighted by Crippen LogP contribution is 2.13. The fraction of sp³-hybridized carbons (Fsp3) is 0.333. The number of aryl methyl sites for hydroxylation is 1. The zero-order chi connectivity index (χ0) is 14.2. The number of aliphatic hydroxyl groups is 1. The molecule has 0 aromatic heterocycles. The Morgan fingerprint density at radius 1 is 0.952 bits per heavy atom. The van der Waals surface area contributed by atoms with Crippen LogP contribution in [0.5, 0.6) is 0 Å². The van der Waals surface area contributed by atoms with E-state index in [1.54, 1.807) is 0 Å². The van der Waals surface area contributed by atoms with Crippen molar-refractivity contribution in [3.63, 3.8) is 0 Å². The van der Waals surface area contributed by atoms with Crippen LogP contribution in [0.3, 0.4) is 0 Å². The summed E-state index contributed by atoms with van der Waals surface area (Å²) in [5.41, 5.74) is 2.37.